The first-order valence-corrected chi connectivity index (χ1v) is 10.5. The number of rotatable bonds is 6. The Morgan fingerprint density at radius 3 is 2.24 bits per heavy atom. The van der Waals surface area contributed by atoms with Crippen molar-refractivity contribution in [3.8, 4) is 0 Å². The van der Waals surface area contributed by atoms with Crippen molar-refractivity contribution in [2.75, 3.05) is 11.6 Å². The van der Waals surface area contributed by atoms with Crippen LogP contribution in [0.2, 0.25) is 10.0 Å². The van der Waals surface area contributed by atoms with Gasteiger partial charge in [0.25, 0.3) is 11.6 Å². The molecule has 0 saturated carbocycles. The molecule has 0 saturated heterocycles. The van der Waals surface area contributed by atoms with Gasteiger partial charge in [0.05, 0.1) is 10.5 Å². The zero-order valence-corrected chi connectivity index (χ0v) is 17.3. The Kier molecular flexibility index (Phi) is 6.83. The van der Waals surface area contributed by atoms with E-state index in [0.717, 1.165) is 24.5 Å². The number of carbonyl (C=O) groups is 2. The number of nitrogens with zero attached hydrogens (tertiary/aromatic N) is 1. The van der Waals surface area contributed by atoms with Gasteiger partial charge < -0.3 is 10.1 Å². The average Bonchev–Trinajstić information content (AvgIpc) is 2.59. The molecule has 9 nitrogen and oxygen atoms in total. The molecular weight excluding hydrogens is 447 g/mol. The molecule has 0 aliphatic carbocycles. The highest BCUT2D eigenvalue weighted by Crippen LogP contribution is 2.26. The number of benzene rings is 2. The van der Waals surface area contributed by atoms with Gasteiger partial charge in [-0.25, -0.2) is 13.2 Å². The van der Waals surface area contributed by atoms with Gasteiger partial charge in [0.2, 0.25) is 0 Å². The van der Waals surface area contributed by atoms with Crippen molar-refractivity contribution in [2.24, 2.45) is 0 Å². The lowest BCUT2D eigenvalue weighted by atomic mass is 10.2. The van der Waals surface area contributed by atoms with Crippen LogP contribution in [0.3, 0.4) is 0 Å². The zero-order valence-electron chi connectivity index (χ0n) is 15.0. The van der Waals surface area contributed by atoms with Crippen LogP contribution in [0.5, 0.6) is 0 Å². The predicted octanol–water partition coefficient (Wildman–Crippen LogP) is 3.49. The van der Waals surface area contributed by atoms with Gasteiger partial charge in [0.15, 0.2) is 15.9 Å². The first kappa shape index (κ1) is 22.6. The average molecular weight is 461 g/mol. The summed E-state index contributed by atoms with van der Waals surface area (Å²) in [6.07, 6.45) is -0.462. The SMILES string of the molecule is C[C@@H](OC(=O)c1ccc(S(C)(=O)=O)c([N+](=O)[O-])c1)C(=O)Nc1cc(Cl)cc(Cl)c1. The summed E-state index contributed by atoms with van der Waals surface area (Å²) in [6, 6.07) is 7.12. The molecule has 1 N–H and O–H groups in total. The molecule has 0 aliphatic rings. The fraction of sp³-hybridized carbons (Fsp3) is 0.176. The third-order valence-corrected chi connectivity index (χ3v) is 5.15. The van der Waals surface area contributed by atoms with E-state index in [0.29, 0.717) is 0 Å². The van der Waals surface area contributed by atoms with Crippen LogP contribution in [-0.4, -0.2) is 37.6 Å². The van der Waals surface area contributed by atoms with E-state index in [4.69, 9.17) is 27.9 Å². The van der Waals surface area contributed by atoms with Crippen molar-refractivity contribution in [1.29, 1.82) is 0 Å². The zero-order chi connectivity index (χ0) is 21.9. The van der Waals surface area contributed by atoms with Crippen molar-refractivity contribution in [1.82, 2.24) is 0 Å². The number of hydrogen-bond acceptors (Lipinski definition) is 7. The number of ether oxygens (including phenoxy) is 1. The monoisotopic (exact) mass is 460 g/mol. The number of halogens is 2. The van der Waals surface area contributed by atoms with Crippen LogP contribution >= 0.6 is 23.2 Å². The summed E-state index contributed by atoms with van der Waals surface area (Å²) in [6.45, 7) is 1.29. The van der Waals surface area contributed by atoms with Gasteiger partial charge in [-0.05, 0) is 37.3 Å². The molecule has 12 heteroatoms. The van der Waals surface area contributed by atoms with Crippen molar-refractivity contribution in [3.05, 3.63) is 62.1 Å². The van der Waals surface area contributed by atoms with Gasteiger partial charge in [-0.15, -0.1) is 0 Å². The number of nitro benzene ring substituents is 1. The number of hydrogen-bond donors (Lipinski definition) is 1. The Balaban J connectivity index is 2.17. The first-order valence-electron chi connectivity index (χ1n) is 7.85. The molecule has 29 heavy (non-hydrogen) atoms. The highest BCUT2D eigenvalue weighted by atomic mass is 35.5. The quantitative estimate of drug-likeness (QED) is 0.396. The summed E-state index contributed by atoms with van der Waals surface area (Å²) in [5, 5.41) is 14.2. The summed E-state index contributed by atoms with van der Waals surface area (Å²) < 4.78 is 28.3. The minimum absolute atomic E-state index is 0.281. The summed E-state index contributed by atoms with van der Waals surface area (Å²) in [7, 11) is -3.88. The van der Waals surface area contributed by atoms with Gasteiger partial charge in [-0.2, -0.15) is 0 Å². The molecule has 1 atom stereocenters. The maximum Gasteiger partial charge on any atom is 0.339 e. The second-order valence-electron chi connectivity index (χ2n) is 5.91. The van der Waals surface area contributed by atoms with Crippen LogP contribution in [-0.2, 0) is 19.4 Å². The molecule has 2 aromatic rings. The Bertz CT molecular complexity index is 1080. The van der Waals surface area contributed by atoms with E-state index in [9.17, 15) is 28.1 Å². The third-order valence-electron chi connectivity index (χ3n) is 3.57. The fourth-order valence-electron chi connectivity index (χ4n) is 2.25. The van der Waals surface area contributed by atoms with Crippen LogP contribution in [0.25, 0.3) is 0 Å². The highest BCUT2D eigenvalue weighted by molar-refractivity contribution is 7.90. The molecule has 154 valence electrons. The summed E-state index contributed by atoms with van der Waals surface area (Å²) in [5.74, 6) is -1.74. The molecule has 0 heterocycles. The van der Waals surface area contributed by atoms with E-state index < -0.39 is 43.3 Å². The summed E-state index contributed by atoms with van der Waals surface area (Å²) in [4.78, 5) is 34.1. The number of esters is 1. The standard InChI is InChI=1S/C17H14Cl2N2O7S/c1-9(16(22)20-13-7-11(18)6-12(19)8-13)28-17(23)10-3-4-15(29(2,26)27)14(5-10)21(24)25/h3-9H,1-2H3,(H,20,22)/t9-/m1/s1. The number of carbonyl (C=O) groups excluding carboxylic acids is 2. The van der Waals surface area contributed by atoms with Crippen LogP contribution in [0.1, 0.15) is 17.3 Å². The van der Waals surface area contributed by atoms with Crippen molar-refractivity contribution < 1.29 is 27.7 Å². The smallest absolute Gasteiger partial charge is 0.339 e. The second kappa shape index (κ2) is 8.76. The highest BCUT2D eigenvalue weighted by Gasteiger charge is 2.26. The molecule has 0 unspecified atom stereocenters. The van der Waals surface area contributed by atoms with Crippen molar-refractivity contribution >= 4 is 56.3 Å². The normalized spacial score (nSPS) is 12.1. The van der Waals surface area contributed by atoms with E-state index in [1.807, 2.05) is 0 Å². The lowest BCUT2D eigenvalue weighted by Crippen LogP contribution is -2.30. The lowest BCUT2D eigenvalue weighted by molar-refractivity contribution is -0.387. The van der Waals surface area contributed by atoms with Gasteiger partial charge in [-0.1, -0.05) is 23.2 Å². The Labute approximate surface area is 175 Å². The maximum absolute atomic E-state index is 12.2. The molecule has 1 amide bonds. The van der Waals surface area contributed by atoms with Gasteiger partial charge in [-0.3, -0.25) is 14.9 Å². The first-order chi connectivity index (χ1) is 13.4. The van der Waals surface area contributed by atoms with Crippen molar-refractivity contribution in [2.45, 2.75) is 17.9 Å². The second-order valence-corrected chi connectivity index (χ2v) is 8.76. The van der Waals surface area contributed by atoms with Gasteiger partial charge in [0, 0.05) is 28.1 Å². The molecule has 0 aromatic heterocycles. The van der Waals surface area contributed by atoms with Gasteiger partial charge in [0.1, 0.15) is 4.90 Å². The molecular formula is C17H14Cl2N2O7S. The number of anilines is 1. The molecule has 0 aliphatic heterocycles. The molecule has 0 fully saturated rings. The summed E-state index contributed by atoms with van der Waals surface area (Å²) >= 11 is 11.7. The lowest BCUT2D eigenvalue weighted by Gasteiger charge is -2.14. The number of nitro groups is 1. The van der Waals surface area contributed by atoms with Crippen LogP contribution in [0.4, 0.5) is 11.4 Å². The van der Waals surface area contributed by atoms with Crippen LogP contribution < -0.4 is 5.32 Å². The maximum atomic E-state index is 12.2. The Morgan fingerprint density at radius 1 is 1.14 bits per heavy atom. The molecule has 0 bridgehead atoms. The summed E-state index contributed by atoms with van der Waals surface area (Å²) in [5.41, 5.74) is -0.772. The minimum atomic E-state index is -3.88. The fourth-order valence-corrected chi connectivity index (χ4v) is 3.61. The molecule has 2 aromatic carbocycles. The van der Waals surface area contributed by atoms with Crippen LogP contribution in [0, 0.1) is 10.1 Å². The van der Waals surface area contributed by atoms with E-state index in [1.165, 1.54) is 25.1 Å². The third kappa shape index (κ3) is 5.89. The topological polar surface area (TPSA) is 133 Å². The van der Waals surface area contributed by atoms with Crippen molar-refractivity contribution in [3.63, 3.8) is 0 Å². The molecule has 0 radical (unpaired) electrons. The Morgan fingerprint density at radius 2 is 1.72 bits per heavy atom. The molecule has 0 spiro atoms. The predicted molar refractivity (Wildman–Crippen MR) is 106 cm³/mol. The Hall–Kier alpha value is -2.69. The number of nitrogens with one attached hydrogen (secondary N) is 1. The van der Waals surface area contributed by atoms with E-state index >= 15 is 0 Å². The van der Waals surface area contributed by atoms with E-state index in [2.05, 4.69) is 5.32 Å². The minimum Gasteiger partial charge on any atom is -0.449 e. The van der Waals surface area contributed by atoms with E-state index in [1.54, 1.807) is 0 Å². The number of sulfone groups is 1. The van der Waals surface area contributed by atoms with Gasteiger partial charge >= 0.3 is 5.97 Å². The largest absolute Gasteiger partial charge is 0.449 e. The molecule has 2 rings (SSSR count). The van der Waals surface area contributed by atoms with E-state index in [-0.39, 0.29) is 21.3 Å². The van der Waals surface area contributed by atoms with Crippen LogP contribution in [0.15, 0.2) is 41.3 Å². The number of amides is 1.